The van der Waals surface area contributed by atoms with Gasteiger partial charge in [0.25, 0.3) is 5.56 Å². The number of pyridine rings is 1. The Hall–Kier alpha value is -2.10. The molecule has 0 bridgehead atoms. The number of aromatic amines is 1. The van der Waals surface area contributed by atoms with Crippen molar-refractivity contribution in [3.63, 3.8) is 0 Å². The summed E-state index contributed by atoms with van der Waals surface area (Å²) in [6.45, 7) is 3.87. The van der Waals surface area contributed by atoms with Crippen molar-refractivity contribution >= 4 is 16.7 Å². The molecule has 4 nitrogen and oxygen atoms in total. The highest BCUT2D eigenvalue weighted by molar-refractivity contribution is 5.93. The van der Waals surface area contributed by atoms with Crippen molar-refractivity contribution in [3.8, 4) is 0 Å². The number of hydrogen-bond donors (Lipinski definition) is 1. The number of nitrogens with one attached hydrogen (secondary N) is 1. The van der Waals surface area contributed by atoms with E-state index < -0.39 is 5.97 Å². The predicted octanol–water partition coefficient (Wildman–Crippen LogP) is 2.01. The van der Waals surface area contributed by atoms with Gasteiger partial charge in [0.15, 0.2) is 0 Å². The second kappa shape index (κ2) is 4.41. The smallest absolute Gasteiger partial charge is 0.354 e. The molecule has 2 aromatic rings. The molecule has 0 radical (unpaired) electrons. The fourth-order valence-electron chi connectivity index (χ4n) is 1.82. The zero-order valence-electron chi connectivity index (χ0n) is 9.74. The molecule has 2 rings (SSSR count). The van der Waals surface area contributed by atoms with E-state index in [9.17, 15) is 9.59 Å². The van der Waals surface area contributed by atoms with Crippen LogP contribution in [0.1, 0.15) is 23.0 Å². The molecule has 1 N–H and O–H groups in total. The highest BCUT2D eigenvalue weighted by atomic mass is 16.5. The van der Waals surface area contributed by atoms with E-state index in [4.69, 9.17) is 4.74 Å². The summed E-state index contributed by atoms with van der Waals surface area (Å²) in [6, 6.07) is 7.16. The van der Waals surface area contributed by atoms with E-state index in [1.165, 1.54) is 0 Å². The number of esters is 1. The largest absolute Gasteiger partial charge is 0.461 e. The zero-order valence-corrected chi connectivity index (χ0v) is 9.74. The lowest BCUT2D eigenvalue weighted by molar-refractivity contribution is 0.0519. The molecule has 1 aromatic carbocycles. The van der Waals surface area contributed by atoms with E-state index in [0.717, 1.165) is 10.9 Å². The SMILES string of the molecule is CCOC(=O)c1cc2cccc(C)c2c(=O)[nH]1. The molecule has 0 aliphatic heterocycles. The predicted molar refractivity (Wildman–Crippen MR) is 65.3 cm³/mol. The molecule has 1 aromatic heterocycles. The van der Waals surface area contributed by atoms with Gasteiger partial charge in [0, 0.05) is 5.39 Å². The van der Waals surface area contributed by atoms with Crippen LogP contribution in [-0.2, 0) is 4.74 Å². The van der Waals surface area contributed by atoms with Crippen molar-refractivity contribution in [2.75, 3.05) is 6.61 Å². The number of H-pyrrole nitrogens is 1. The van der Waals surface area contributed by atoms with Crippen molar-refractivity contribution in [3.05, 3.63) is 45.9 Å². The Kier molecular flexibility index (Phi) is 2.95. The van der Waals surface area contributed by atoms with Gasteiger partial charge in [-0.2, -0.15) is 0 Å². The third-order valence-electron chi connectivity index (χ3n) is 2.58. The summed E-state index contributed by atoms with van der Waals surface area (Å²) >= 11 is 0. The average molecular weight is 231 g/mol. The van der Waals surface area contributed by atoms with Crippen LogP contribution in [-0.4, -0.2) is 17.6 Å². The van der Waals surface area contributed by atoms with Crippen LogP contribution in [0.2, 0.25) is 0 Å². The molecule has 0 saturated heterocycles. The van der Waals surface area contributed by atoms with Gasteiger partial charge in [-0.05, 0) is 30.9 Å². The van der Waals surface area contributed by atoms with Gasteiger partial charge in [0.05, 0.1) is 6.61 Å². The lowest BCUT2D eigenvalue weighted by Crippen LogP contribution is -2.15. The van der Waals surface area contributed by atoms with Crippen LogP contribution < -0.4 is 5.56 Å². The standard InChI is InChI=1S/C13H13NO3/c1-3-17-13(16)10-7-9-6-4-5-8(2)11(9)12(15)14-10/h4-7H,3H2,1-2H3,(H,14,15). The Morgan fingerprint density at radius 1 is 1.41 bits per heavy atom. The lowest BCUT2D eigenvalue weighted by Gasteiger charge is -2.04. The molecule has 0 amide bonds. The van der Waals surface area contributed by atoms with Gasteiger partial charge in [-0.15, -0.1) is 0 Å². The minimum absolute atomic E-state index is 0.190. The Morgan fingerprint density at radius 2 is 2.18 bits per heavy atom. The summed E-state index contributed by atoms with van der Waals surface area (Å²) in [4.78, 5) is 25.9. The number of aromatic nitrogens is 1. The van der Waals surface area contributed by atoms with E-state index in [0.29, 0.717) is 5.39 Å². The van der Waals surface area contributed by atoms with Gasteiger partial charge >= 0.3 is 5.97 Å². The number of carbonyl (C=O) groups is 1. The maximum absolute atomic E-state index is 11.9. The third kappa shape index (κ3) is 2.06. The van der Waals surface area contributed by atoms with Gasteiger partial charge in [0.2, 0.25) is 0 Å². The molecule has 0 aliphatic carbocycles. The topological polar surface area (TPSA) is 59.2 Å². The van der Waals surface area contributed by atoms with Gasteiger partial charge in [-0.25, -0.2) is 4.79 Å². The molecule has 0 unspecified atom stereocenters. The molecule has 88 valence electrons. The maximum Gasteiger partial charge on any atom is 0.354 e. The summed E-state index contributed by atoms with van der Waals surface area (Å²) < 4.78 is 4.85. The minimum Gasteiger partial charge on any atom is -0.461 e. The van der Waals surface area contributed by atoms with E-state index in [1.54, 1.807) is 19.1 Å². The molecule has 0 fully saturated rings. The molecular formula is C13H13NO3. The Morgan fingerprint density at radius 3 is 2.88 bits per heavy atom. The molecule has 0 aliphatic rings. The first-order chi connectivity index (χ1) is 8.13. The first-order valence-electron chi connectivity index (χ1n) is 5.43. The second-order valence-corrected chi connectivity index (χ2v) is 3.77. The van der Waals surface area contributed by atoms with Gasteiger partial charge in [-0.1, -0.05) is 18.2 Å². The van der Waals surface area contributed by atoms with Crippen molar-refractivity contribution in [2.45, 2.75) is 13.8 Å². The number of fused-ring (bicyclic) bond motifs is 1. The van der Waals surface area contributed by atoms with Crippen LogP contribution in [0.4, 0.5) is 0 Å². The molecule has 0 spiro atoms. The molecular weight excluding hydrogens is 218 g/mol. The number of ether oxygens (including phenoxy) is 1. The van der Waals surface area contributed by atoms with Crippen LogP contribution >= 0.6 is 0 Å². The molecule has 4 heteroatoms. The van der Waals surface area contributed by atoms with E-state index in [-0.39, 0.29) is 17.9 Å². The highest BCUT2D eigenvalue weighted by Gasteiger charge is 2.10. The van der Waals surface area contributed by atoms with E-state index >= 15 is 0 Å². The number of carbonyl (C=O) groups excluding carboxylic acids is 1. The summed E-state index contributed by atoms with van der Waals surface area (Å²) in [7, 11) is 0. The molecule has 1 heterocycles. The van der Waals surface area contributed by atoms with Gasteiger partial charge in [0.1, 0.15) is 5.69 Å². The molecule has 0 atom stereocenters. The van der Waals surface area contributed by atoms with Crippen LogP contribution in [0.15, 0.2) is 29.1 Å². The van der Waals surface area contributed by atoms with E-state index in [2.05, 4.69) is 4.98 Å². The van der Waals surface area contributed by atoms with E-state index in [1.807, 2.05) is 19.1 Å². The Labute approximate surface area is 98.2 Å². The molecule has 0 saturated carbocycles. The Balaban J connectivity index is 2.65. The number of rotatable bonds is 2. The van der Waals surface area contributed by atoms with Crippen molar-refractivity contribution in [2.24, 2.45) is 0 Å². The summed E-state index contributed by atoms with van der Waals surface area (Å²) in [5.74, 6) is -0.506. The van der Waals surface area contributed by atoms with Crippen LogP contribution in [0.3, 0.4) is 0 Å². The first-order valence-corrected chi connectivity index (χ1v) is 5.43. The normalized spacial score (nSPS) is 10.5. The average Bonchev–Trinajstić information content (AvgIpc) is 2.29. The third-order valence-corrected chi connectivity index (χ3v) is 2.58. The second-order valence-electron chi connectivity index (χ2n) is 3.77. The number of aryl methyl sites for hydroxylation is 1. The fraction of sp³-hybridized carbons (Fsp3) is 0.231. The zero-order chi connectivity index (χ0) is 12.4. The van der Waals surface area contributed by atoms with Crippen LogP contribution in [0.25, 0.3) is 10.8 Å². The lowest BCUT2D eigenvalue weighted by atomic mass is 10.1. The van der Waals surface area contributed by atoms with Gasteiger partial charge in [-0.3, -0.25) is 4.79 Å². The monoisotopic (exact) mass is 231 g/mol. The van der Waals surface area contributed by atoms with Crippen LogP contribution in [0.5, 0.6) is 0 Å². The Bertz CT molecular complexity index is 628. The highest BCUT2D eigenvalue weighted by Crippen LogP contribution is 2.14. The maximum atomic E-state index is 11.9. The number of hydrogen-bond acceptors (Lipinski definition) is 3. The van der Waals surface area contributed by atoms with Gasteiger partial charge < -0.3 is 9.72 Å². The number of benzene rings is 1. The van der Waals surface area contributed by atoms with Crippen molar-refractivity contribution < 1.29 is 9.53 Å². The van der Waals surface area contributed by atoms with Crippen LogP contribution in [0, 0.1) is 6.92 Å². The summed E-state index contributed by atoms with van der Waals surface area (Å²) in [6.07, 6.45) is 0. The molecule has 17 heavy (non-hydrogen) atoms. The quantitative estimate of drug-likeness (QED) is 0.804. The van der Waals surface area contributed by atoms with Crippen molar-refractivity contribution in [1.29, 1.82) is 0 Å². The summed E-state index contributed by atoms with van der Waals surface area (Å²) in [5, 5.41) is 1.36. The minimum atomic E-state index is -0.506. The van der Waals surface area contributed by atoms with Crippen molar-refractivity contribution in [1.82, 2.24) is 4.98 Å². The fourth-order valence-corrected chi connectivity index (χ4v) is 1.82. The summed E-state index contributed by atoms with van der Waals surface area (Å²) in [5.41, 5.74) is 0.817. The first kappa shape index (κ1) is 11.4.